The quantitative estimate of drug-likeness (QED) is 0.342. The van der Waals surface area contributed by atoms with Gasteiger partial charge >= 0.3 is 0 Å². The highest BCUT2D eigenvalue weighted by Gasteiger charge is 2.19. The summed E-state index contributed by atoms with van der Waals surface area (Å²) in [7, 11) is 2.98. The standard InChI is InChI=1S/C30H31FN2O5/c1-30(2,3)32-28(34)17-33-26(21-9-13-25(31)27(15-21)37-5)14-20-8-12-23(16-24(20)29(33)35)38-18-19-6-10-22(36-4)11-7-19/h6-16H,17-18H2,1-5H3,(H,32,34). The number of amides is 1. The van der Waals surface area contributed by atoms with Gasteiger partial charge in [0, 0.05) is 11.1 Å². The fourth-order valence-electron chi connectivity index (χ4n) is 4.12. The predicted octanol–water partition coefficient (Wildman–Crippen LogP) is 5.32. The SMILES string of the molecule is COc1ccc(COc2ccc3cc(-c4ccc(F)c(OC)c4)n(CC(=O)NC(C)(C)C)c(=O)c3c2)cc1. The first-order valence-corrected chi connectivity index (χ1v) is 12.2. The molecule has 0 saturated heterocycles. The number of carbonyl (C=O) groups excluding carboxylic acids is 1. The predicted molar refractivity (Wildman–Crippen MR) is 145 cm³/mol. The largest absolute Gasteiger partial charge is 0.497 e. The molecular weight excluding hydrogens is 487 g/mol. The van der Waals surface area contributed by atoms with Gasteiger partial charge in [-0.3, -0.25) is 14.2 Å². The van der Waals surface area contributed by atoms with Crippen molar-refractivity contribution >= 4 is 16.7 Å². The van der Waals surface area contributed by atoms with Crippen LogP contribution < -0.4 is 25.1 Å². The summed E-state index contributed by atoms with van der Waals surface area (Å²) in [6, 6.07) is 18.9. The highest BCUT2D eigenvalue weighted by atomic mass is 19.1. The maximum absolute atomic E-state index is 14.1. The molecule has 1 aromatic heterocycles. The summed E-state index contributed by atoms with van der Waals surface area (Å²) in [5.41, 5.74) is 1.13. The van der Waals surface area contributed by atoms with Gasteiger partial charge < -0.3 is 19.5 Å². The zero-order valence-corrected chi connectivity index (χ0v) is 22.1. The van der Waals surface area contributed by atoms with Gasteiger partial charge in [-0.15, -0.1) is 0 Å². The molecule has 0 aliphatic carbocycles. The Hall–Kier alpha value is -4.33. The molecule has 7 nitrogen and oxygen atoms in total. The lowest BCUT2D eigenvalue weighted by Gasteiger charge is -2.22. The van der Waals surface area contributed by atoms with Crippen LogP contribution in [0.5, 0.6) is 17.2 Å². The molecule has 3 aromatic carbocycles. The number of carbonyl (C=O) groups is 1. The molecule has 198 valence electrons. The zero-order chi connectivity index (χ0) is 27.4. The van der Waals surface area contributed by atoms with E-state index in [2.05, 4.69) is 5.32 Å². The van der Waals surface area contributed by atoms with E-state index in [1.165, 1.54) is 23.8 Å². The summed E-state index contributed by atoms with van der Waals surface area (Å²) in [6.45, 7) is 5.70. The van der Waals surface area contributed by atoms with Gasteiger partial charge in [-0.05, 0) is 80.3 Å². The van der Waals surface area contributed by atoms with E-state index < -0.39 is 11.4 Å². The first-order valence-electron chi connectivity index (χ1n) is 12.2. The topological polar surface area (TPSA) is 78.8 Å². The highest BCUT2D eigenvalue weighted by molar-refractivity contribution is 5.87. The average Bonchev–Trinajstić information content (AvgIpc) is 2.88. The minimum absolute atomic E-state index is 0.0445. The van der Waals surface area contributed by atoms with Crippen LogP contribution in [-0.4, -0.2) is 30.2 Å². The molecule has 0 radical (unpaired) electrons. The monoisotopic (exact) mass is 518 g/mol. The van der Waals surface area contributed by atoms with E-state index in [0.717, 1.165) is 11.3 Å². The summed E-state index contributed by atoms with van der Waals surface area (Å²) >= 11 is 0. The number of hydrogen-bond acceptors (Lipinski definition) is 5. The molecular formula is C30H31FN2O5. The number of rotatable bonds is 8. The van der Waals surface area contributed by atoms with Gasteiger partial charge in [0.15, 0.2) is 11.6 Å². The van der Waals surface area contributed by atoms with Crippen LogP contribution in [0, 0.1) is 5.82 Å². The summed E-state index contributed by atoms with van der Waals surface area (Å²) in [4.78, 5) is 26.6. The van der Waals surface area contributed by atoms with Crippen LogP contribution in [0.4, 0.5) is 4.39 Å². The highest BCUT2D eigenvalue weighted by Crippen LogP contribution is 2.29. The Balaban J connectivity index is 1.75. The molecule has 0 atom stereocenters. The lowest BCUT2D eigenvalue weighted by atomic mass is 10.1. The van der Waals surface area contributed by atoms with Gasteiger partial charge in [-0.1, -0.05) is 18.2 Å². The second-order valence-electron chi connectivity index (χ2n) is 9.95. The smallest absolute Gasteiger partial charge is 0.259 e. The fourth-order valence-corrected chi connectivity index (χ4v) is 4.12. The van der Waals surface area contributed by atoms with Crippen molar-refractivity contribution in [2.45, 2.75) is 39.5 Å². The Bertz CT molecular complexity index is 1520. The number of fused-ring (bicyclic) bond motifs is 1. The van der Waals surface area contributed by atoms with E-state index in [4.69, 9.17) is 14.2 Å². The minimum atomic E-state index is -0.518. The van der Waals surface area contributed by atoms with E-state index >= 15 is 0 Å². The molecule has 0 spiro atoms. The van der Waals surface area contributed by atoms with Crippen LogP contribution in [0.25, 0.3) is 22.0 Å². The Morgan fingerprint density at radius 1 is 0.921 bits per heavy atom. The molecule has 0 aliphatic rings. The number of nitrogens with zero attached hydrogens (tertiary/aromatic N) is 1. The van der Waals surface area contributed by atoms with Gasteiger partial charge in [0.25, 0.3) is 5.56 Å². The molecule has 1 heterocycles. The zero-order valence-electron chi connectivity index (χ0n) is 22.1. The first kappa shape index (κ1) is 26.7. The van der Waals surface area contributed by atoms with E-state index in [9.17, 15) is 14.0 Å². The molecule has 0 saturated carbocycles. The second-order valence-corrected chi connectivity index (χ2v) is 9.95. The molecule has 38 heavy (non-hydrogen) atoms. The van der Waals surface area contributed by atoms with Crippen molar-refractivity contribution in [2.24, 2.45) is 0 Å². The number of methoxy groups -OCH3 is 2. The van der Waals surface area contributed by atoms with Gasteiger partial charge in [-0.25, -0.2) is 4.39 Å². The van der Waals surface area contributed by atoms with E-state index in [-0.39, 0.29) is 23.8 Å². The maximum Gasteiger partial charge on any atom is 0.259 e. The molecule has 4 rings (SSSR count). The number of ether oxygens (including phenoxy) is 3. The Kier molecular flexibility index (Phi) is 7.71. The lowest BCUT2D eigenvalue weighted by molar-refractivity contribution is -0.123. The molecule has 0 fully saturated rings. The average molecular weight is 519 g/mol. The number of benzene rings is 3. The number of aromatic nitrogens is 1. The van der Waals surface area contributed by atoms with E-state index in [0.29, 0.717) is 34.4 Å². The van der Waals surface area contributed by atoms with Crippen molar-refractivity contribution in [1.29, 1.82) is 0 Å². The Labute approximate surface area is 220 Å². The third-order valence-electron chi connectivity index (χ3n) is 5.91. The summed E-state index contributed by atoms with van der Waals surface area (Å²) < 4.78 is 31.8. The maximum atomic E-state index is 14.1. The van der Waals surface area contributed by atoms with Crippen LogP contribution in [0.2, 0.25) is 0 Å². The second kappa shape index (κ2) is 11.0. The third-order valence-corrected chi connectivity index (χ3v) is 5.91. The number of halogens is 1. The van der Waals surface area contributed by atoms with Gasteiger partial charge in [0.2, 0.25) is 5.91 Å². The summed E-state index contributed by atoms with van der Waals surface area (Å²) in [5.74, 6) is 0.483. The van der Waals surface area contributed by atoms with E-state index in [1.807, 2.05) is 45.0 Å². The van der Waals surface area contributed by atoms with Crippen molar-refractivity contribution in [1.82, 2.24) is 9.88 Å². The molecule has 8 heteroatoms. The summed E-state index contributed by atoms with van der Waals surface area (Å²) in [5, 5.41) is 3.96. The van der Waals surface area contributed by atoms with Crippen LogP contribution in [-0.2, 0) is 17.9 Å². The normalized spacial score (nSPS) is 11.3. The number of nitrogens with one attached hydrogen (secondary N) is 1. The lowest BCUT2D eigenvalue weighted by Crippen LogP contribution is -2.43. The van der Waals surface area contributed by atoms with Gasteiger partial charge in [0.1, 0.15) is 24.7 Å². The Morgan fingerprint density at radius 2 is 1.63 bits per heavy atom. The molecule has 1 amide bonds. The van der Waals surface area contributed by atoms with Crippen LogP contribution in [0.15, 0.2) is 71.5 Å². The molecule has 0 aliphatic heterocycles. The van der Waals surface area contributed by atoms with Crippen molar-refractivity contribution in [3.63, 3.8) is 0 Å². The summed E-state index contributed by atoms with van der Waals surface area (Å²) in [6.07, 6.45) is 0. The molecule has 1 N–H and O–H groups in total. The fraction of sp³-hybridized carbons (Fsp3) is 0.267. The van der Waals surface area contributed by atoms with E-state index in [1.54, 1.807) is 37.4 Å². The van der Waals surface area contributed by atoms with Crippen LogP contribution >= 0.6 is 0 Å². The van der Waals surface area contributed by atoms with Crippen molar-refractivity contribution in [3.05, 3.63) is 88.5 Å². The van der Waals surface area contributed by atoms with Crippen molar-refractivity contribution in [3.8, 4) is 28.5 Å². The van der Waals surface area contributed by atoms with Gasteiger partial charge in [0.05, 0.1) is 25.3 Å². The molecule has 0 unspecified atom stereocenters. The van der Waals surface area contributed by atoms with Crippen LogP contribution in [0.1, 0.15) is 26.3 Å². The number of pyridine rings is 1. The minimum Gasteiger partial charge on any atom is -0.497 e. The number of hydrogen-bond donors (Lipinski definition) is 1. The molecule has 0 bridgehead atoms. The first-order chi connectivity index (χ1) is 18.1. The molecule has 4 aromatic rings. The van der Waals surface area contributed by atoms with Crippen molar-refractivity contribution in [2.75, 3.05) is 14.2 Å². The van der Waals surface area contributed by atoms with Crippen LogP contribution in [0.3, 0.4) is 0 Å². The van der Waals surface area contributed by atoms with Crippen molar-refractivity contribution < 1.29 is 23.4 Å². The van der Waals surface area contributed by atoms with Gasteiger partial charge in [-0.2, -0.15) is 0 Å². The Morgan fingerprint density at radius 3 is 2.29 bits per heavy atom. The third kappa shape index (κ3) is 6.14.